The minimum absolute atomic E-state index is 0.00311. The predicted molar refractivity (Wildman–Crippen MR) is 70.1 cm³/mol. The van der Waals surface area contributed by atoms with Gasteiger partial charge in [-0.2, -0.15) is 5.26 Å². The summed E-state index contributed by atoms with van der Waals surface area (Å²) < 4.78 is 11.4. The standard InChI is InChI=1S/C15H18N2O2/c1-15(2)18-10-13(19-15)14-12(8-16)17(14)9-11-6-4-3-5-7-11/h3-7,12-14H,9-10H2,1-2H3/t12-,13-,14-,17?/m1/s1. The minimum Gasteiger partial charge on any atom is -0.348 e. The van der Waals surface area contributed by atoms with Crippen molar-refractivity contribution in [2.24, 2.45) is 0 Å². The van der Waals surface area contributed by atoms with Crippen LogP contribution in [0.3, 0.4) is 0 Å². The molecule has 0 bridgehead atoms. The second-order valence-corrected chi connectivity index (χ2v) is 5.59. The molecule has 0 saturated carbocycles. The Kier molecular flexibility index (Phi) is 3.06. The Morgan fingerprint density at radius 3 is 2.68 bits per heavy atom. The first kappa shape index (κ1) is 12.6. The van der Waals surface area contributed by atoms with E-state index in [2.05, 4.69) is 23.1 Å². The first-order chi connectivity index (χ1) is 9.11. The summed E-state index contributed by atoms with van der Waals surface area (Å²) >= 11 is 0. The number of hydrogen-bond donors (Lipinski definition) is 0. The van der Waals surface area contributed by atoms with E-state index in [0.29, 0.717) is 6.61 Å². The third kappa shape index (κ3) is 2.50. The zero-order valence-electron chi connectivity index (χ0n) is 11.2. The molecule has 3 rings (SSSR count). The molecule has 0 radical (unpaired) electrons. The van der Waals surface area contributed by atoms with Crippen LogP contribution >= 0.6 is 0 Å². The third-order valence-corrected chi connectivity index (χ3v) is 3.73. The van der Waals surface area contributed by atoms with Crippen LogP contribution in [0.15, 0.2) is 30.3 Å². The summed E-state index contributed by atoms with van der Waals surface area (Å²) in [5.41, 5.74) is 1.23. The monoisotopic (exact) mass is 258 g/mol. The third-order valence-electron chi connectivity index (χ3n) is 3.73. The van der Waals surface area contributed by atoms with E-state index in [4.69, 9.17) is 9.47 Å². The van der Waals surface area contributed by atoms with Crippen LogP contribution in [0.25, 0.3) is 0 Å². The summed E-state index contributed by atoms with van der Waals surface area (Å²) in [6.45, 7) is 5.20. The summed E-state index contributed by atoms with van der Waals surface area (Å²) in [4.78, 5) is 2.17. The average molecular weight is 258 g/mol. The Morgan fingerprint density at radius 1 is 1.37 bits per heavy atom. The van der Waals surface area contributed by atoms with Gasteiger partial charge in [-0.1, -0.05) is 30.3 Å². The van der Waals surface area contributed by atoms with Gasteiger partial charge in [0.05, 0.1) is 18.7 Å². The zero-order valence-corrected chi connectivity index (χ0v) is 11.2. The largest absolute Gasteiger partial charge is 0.348 e. The van der Waals surface area contributed by atoms with Crippen molar-refractivity contribution in [1.82, 2.24) is 4.90 Å². The van der Waals surface area contributed by atoms with Crippen LogP contribution in [0.2, 0.25) is 0 Å². The number of benzene rings is 1. The molecular formula is C15H18N2O2. The first-order valence-corrected chi connectivity index (χ1v) is 6.62. The highest BCUT2D eigenvalue weighted by Crippen LogP contribution is 2.38. The molecule has 0 aromatic heterocycles. The van der Waals surface area contributed by atoms with Crippen molar-refractivity contribution < 1.29 is 9.47 Å². The molecule has 2 saturated heterocycles. The molecule has 4 atom stereocenters. The minimum atomic E-state index is -0.522. The molecule has 2 aliphatic rings. The summed E-state index contributed by atoms with van der Waals surface area (Å²) in [6.07, 6.45) is 0.00311. The van der Waals surface area contributed by atoms with Crippen molar-refractivity contribution in [3.8, 4) is 6.07 Å². The Balaban J connectivity index is 1.66. The molecular weight excluding hydrogens is 240 g/mol. The van der Waals surface area contributed by atoms with Crippen molar-refractivity contribution in [2.75, 3.05) is 6.61 Å². The molecule has 1 aromatic carbocycles. The van der Waals surface area contributed by atoms with Gasteiger partial charge >= 0.3 is 0 Å². The number of ether oxygens (including phenoxy) is 2. The molecule has 0 aliphatic carbocycles. The van der Waals surface area contributed by atoms with E-state index in [9.17, 15) is 5.26 Å². The molecule has 4 nitrogen and oxygen atoms in total. The average Bonchev–Trinajstić information content (AvgIpc) is 2.96. The van der Waals surface area contributed by atoms with Crippen molar-refractivity contribution in [1.29, 1.82) is 5.26 Å². The first-order valence-electron chi connectivity index (χ1n) is 6.62. The van der Waals surface area contributed by atoms with Crippen molar-refractivity contribution in [2.45, 2.75) is 44.4 Å². The second kappa shape index (κ2) is 4.61. The molecule has 2 heterocycles. The lowest BCUT2D eigenvalue weighted by molar-refractivity contribution is -0.139. The highest BCUT2D eigenvalue weighted by Gasteiger charge is 2.56. The fourth-order valence-electron chi connectivity index (χ4n) is 2.75. The van der Waals surface area contributed by atoms with E-state index in [-0.39, 0.29) is 18.2 Å². The number of rotatable bonds is 3. The van der Waals surface area contributed by atoms with Crippen LogP contribution in [0.5, 0.6) is 0 Å². The topological polar surface area (TPSA) is 45.3 Å². The molecule has 2 aliphatic heterocycles. The molecule has 1 unspecified atom stereocenters. The maximum absolute atomic E-state index is 9.23. The summed E-state index contributed by atoms with van der Waals surface area (Å²) in [5.74, 6) is -0.522. The molecule has 100 valence electrons. The van der Waals surface area contributed by atoms with Gasteiger partial charge in [0.2, 0.25) is 0 Å². The Hall–Kier alpha value is -1.41. The lowest BCUT2D eigenvalue weighted by atomic mass is 10.2. The van der Waals surface area contributed by atoms with Gasteiger partial charge in [0.15, 0.2) is 5.79 Å². The lowest BCUT2D eigenvalue weighted by Crippen LogP contribution is -2.26. The number of nitrogens with zero attached hydrogens (tertiary/aromatic N) is 2. The quantitative estimate of drug-likeness (QED) is 0.777. The van der Waals surface area contributed by atoms with E-state index in [1.54, 1.807) is 0 Å². The van der Waals surface area contributed by atoms with E-state index >= 15 is 0 Å². The van der Waals surface area contributed by atoms with Crippen molar-refractivity contribution >= 4 is 0 Å². The Bertz CT molecular complexity index is 495. The van der Waals surface area contributed by atoms with Gasteiger partial charge in [-0.05, 0) is 19.4 Å². The number of hydrogen-bond acceptors (Lipinski definition) is 4. The summed E-state index contributed by atoms with van der Waals surface area (Å²) in [6, 6.07) is 12.7. The van der Waals surface area contributed by atoms with Crippen LogP contribution < -0.4 is 0 Å². The van der Waals surface area contributed by atoms with Gasteiger partial charge in [0, 0.05) is 6.54 Å². The van der Waals surface area contributed by atoms with Gasteiger partial charge in [0.25, 0.3) is 0 Å². The van der Waals surface area contributed by atoms with Gasteiger partial charge in [-0.15, -0.1) is 0 Å². The van der Waals surface area contributed by atoms with Gasteiger partial charge in [-0.25, -0.2) is 0 Å². The van der Waals surface area contributed by atoms with E-state index in [1.807, 2.05) is 32.0 Å². The highest BCUT2D eigenvalue weighted by atomic mass is 16.7. The maximum atomic E-state index is 9.23. The van der Waals surface area contributed by atoms with Crippen LogP contribution in [0.4, 0.5) is 0 Å². The van der Waals surface area contributed by atoms with E-state index < -0.39 is 5.79 Å². The smallest absolute Gasteiger partial charge is 0.163 e. The van der Waals surface area contributed by atoms with Crippen LogP contribution in [0.1, 0.15) is 19.4 Å². The van der Waals surface area contributed by atoms with Gasteiger partial charge in [0.1, 0.15) is 12.1 Å². The fraction of sp³-hybridized carbons (Fsp3) is 0.533. The normalized spacial score (nSPS) is 35.8. The highest BCUT2D eigenvalue weighted by molar-refractivity contribution is 5.23. The fourth-order valence-corrected chi connectivity index (χ4v) is 2.75. The van der Waals surface area contributed by atoms with Crippen LogP contribution in [-0.4, -0.2) is 35.5 Å². The van der Waals surface area contributed by atoms with Crippen molar-refractivity contribution in [3.05, 3.63) is 35.9 Å². The molecule has 0 N–H and O–H groups in total. The zero-order chi connectivity index (χ0) is 13.5. The second-order valence-electron chi connectivity index (χ2n) is 5.59. The van der Waals surface area contributed by atoms with Crippen LogP contribution in [-0.2, 0) is 16.0 Å². The van der Waals surface area contributed by atoms with Gasteiger partial charge in [-0.3, -0.25) is 4.90 Å². The Labute approximate surface area is 113 Å². The molecule has 0 amide bonds. The molecule has 1 aromatic rings. The van der Waals surface area contributed by atoms with Crippen molar-refractivity contribution in [3.63, 3.8) is 0 Å². The van der Waals surface area contributed by atoms with Gasteiger partial charge < -0.3 is 9.47 Å². The summed E-state index contributed by atoms with van der Waals surface area (Å²) in [7, 11) is 0. The molecule has 2 fully saturated rings. The van der Waals surface area contributed by atoms with Crippen LogP contribution in [0, 0.1) is 11.3 Å². The predicted octanol–water partition coefficient (Wildman–Crippen LogP) is 1.91. The number of nitriles is 1. The van der Waals surface area contributed by atoms with E-state index in [1.165, 1.54) is 5.56 Å². The van der Waals surface area contributed by atoms with E-state index in [0.717, 1.165) is 6.54 Å². The lowest BCUT2D eigenvalue weighted by Gasteiger charge is -2.17. The molecule has 19 heavy (non-hydrogen) atoms. The SMILES string of the molecule is CC1(C)OC[C@H]([C@H]2[C@@H](C#N)N2Cc2ccccc2)O1. The molecule has 0 spiro atoms. The molecule has 4 heteroatoms. The maximum Gasteiger partial charge on any atom is 0.163 e. The Morgan fingerprint density at radius 2 is 2.11 bits per heavy atom. The summed E-state index contributed by atoms with van der Waals surface area (Å²) in [5, 5.41) is 9.23.